The molecule has 0 aromatic rings. The van der Waals surface area contributed by atoms with Crippen LogP contribution in [-0.2, 0) is 9.53 Å². The van der Waals surface area contributed by atoms with Crippen molar-refractivity contribution in [2.75, 3.05) is 18.8 Å². The van der Waals surface area contributed by atoms with E-state index >= 15 is 0 Å². The number of halogens is 3. The lowest BCUT2D eigenvalue weighted by Crippen LogP contribution is -2.53. The highest BCUT2D eigenvalue weighted by molar-refractivity contribution is 8.00. The average molecular weight is 335 g/mol. The van der Waals surface area contributed by atoms with Crippen molar-refractivity contribution >= 4 is 17.7 Å². The number of nitrogens with zero attached hydrogens (tertiary/aromatic N) is 1. The second-order valence-electron chi connectivity index (χ2n) is 6.46. The normalized spacial score (nSPS) is 36.2. The molecule has 0 unspecified atom stereocenters. The van der Waals surface area contributed by atoms with Gasteiger partial charge in [-0.1, -0.05) is 6.42 Å². The Labute approximate surface area is 132 Å². The lowest BCUT2D eigenvalue weighted by Gasteiger charge is -2.43. The largest absolute Gasteiger partial charge is 0.450 e. The molecule has 3 nitrogen and oxygen atoms in total. The monoisotopic (exact) mass is 335 g/mol. The molecule has 0 aliphatic carbocycles. The number of ether oxygens (including phenoxy) is 1. The predicted octanol–water partition coefficient (Wildman–Crippen LogP) is 3.15. The molecule has 0 bridgehead atoms. The number of carbonyl (C=O) groups excluding carboxylic acids is 1. The Balaban J connectivity index is 1.82. The Hall–Kier alpha value is -0.690. The van der Waals surface area contributed by atoms with Crippen molar-refractivity contribution in [2.45, 2.75) is 55.7 Å². The molecule has 2 saturated heterocycles. The molecule has 3 aliphatic heterocycles. The average Bonchev–Trinajstić information content (AvgIpc) is 2.65. The third-order valence-electron chi connectivity index (χ3n) is 4.86. The number of thioether (sulfide) groups is 1. The second-order valence-corrected chi connectivity index (χ2v) is 7.75. The molecule has 0 aromatic carbocycles. The summed E-state index contributed by atoms with van der Waals surface area (Å²) < 4.78 is 43.2. The summed E-state index contributed by atoms with van der Waals surface area (Å²) in [5, 5.41) is -0.148. The van der Waals surface area contributed by atoms with Crippen LogP contribution in [-0.4, -0.2) is 52.8 Å². The first kappa shape index (κ1) is 16.2. The van der Waals surface area contributed by atoms with Gasteiger partial charge < -0.3 is 4.74 Å². The SMILES string of the molecule is C[C@]12OC(=O)C=C1C[C@H](SCC(F)(F)F)CN1CCCC[C@@H]12. The molecule has 3 aliphatic rings. The smallest absolute Gasteiger partial charge is 0.397 e. The number of alkyl halides is 3. The molecular formula is C15H20F3NO2S. The highest BCUT2D eigenvalue weighted by atomic mass is 32.2. The van der Waals surface area contributed by atoms with Gasteiger partial charge in [-0.15, -0.1) is 11.8 Å². The molecule has 2 fully saturated rings. The highest BCUT2D eigenvalue weighted by Gasteiger charge is 2.51. The van der Waals surface area contributed by atoms with Crippen molar-refractivity contribution in [1.82, 2.24) is 4.90 Å². The summed E-state index contributed by atoms with van der Waals surface area (Å²) in [6.07, 6.45) is 0.892. The molecule has 0 N–H and O–H groups in total. The van der Waals surface area contributed by atoms with Crippen molar-refractivity contribution in [3.05, 3.63) is 11.6 Å². The molecule has 0 radical (unpaired) electrons. The standard InChI is InChI=1S/C15H20F3NO2S/c1-14-10(7-13(20)21-14)6-11(22-9-15(16,17)18)8-19-5-3-2-4-12(14)19/h7,11-12H,2-6,8-9H2,1H3/t11-,12+,14-/m0/s1. The predicted molar refractivity (Wildman–Crippen MR) is 78.7 cm³/mol. The molecule has 7 heteroatoms. The van der Waals surface area contributed by atoms with E-state index < -0.39 is 17.5 Å². The van der Waals surface area contributed by atoms with E-state index in [0.29, 0.717) is 13.0 Å². The molecule has 124 valence electrons. The molecule has 0 aromatic heterocycles. The maximum absolute atomic E-state index is 12.5. The van der Waals surface area contributed by atoms with Crippen LogP contribution in [0.2, 0.25) is 0 Å². The minimum atomic E-state index is -4.15. The van der Waals surface area contributed by atoms with Crippen LogP contribution in [0.25, 0.3) is 0 Å². The van der Waals surface area contributed by atoms with Gasteiger partial charge in [0.25, 0.3) is 0 Å². The molecular weight excluding hydrogens is 315 g/mol. The maximum atomic E-state index is 12.5. The van der Waals surface area contributed by atoms with Crippen LogP contribution < -0.4 is 0 Å². The highest BCUT2D eigenvalue weighted by Crippen LogP contribution is 2.44. The summed E-state index contributed by atoms with van der Waals surface area (Å²) in [6, 6.07) is 0.0930. The van der Waals surface area contributed by atoms with E-state index in [-0.39, 0.29) is 17.3 Å². The summed E-state index contributed by atoms with van der Waals surface area (Å²) in [4.78, 5) is 14.0. The van der Waals surface area contributed by atoms with Crippen LogP contribution in [0.15, 0.2) is 11.6 Å². The lowest BCUT2D eigenvalue weighted by atomic mass is 9.83. The van der Waals surface area contributed by atoms with Gasteiger partial charge in [0.1, 0.15) is 5.60 Å². The van der Waals surface area contributed by atoms with Crippen molar-refractivity contribution in [1.29, 1.82) is 0 Å². The van der Waals surface area contributed by atoms with Crippen molar-refractivity contribution in [3.63, 3.8) is 0 Å². The summed E-state index contributed by atoms with van der Waals surface area (Å²) >= 11 is 0.948. The number of rotatable bonds is 2. The minimum absolute atomic E-state index is 0.0930. The first-order valence-corrected chi connectivity index (χ1v) is 8.69. The number of piperidine rings is 1. The molecule has 3 rings (SSSR count). The summed E-state index contributed by atoms with van der Waals surface area (Å²) in [7, 11) is 0. The van der Waals surface area contributed by atoms with E-state index in [2.05, 4.69) is 4.90 Å². The Morgan fingerprint density at radius 2 is 2.23 bits per heavy atom. The van der Waals surface area contributed by atoms with E-state index in [0.717, 1.165) is 43.1 Å². The van der Waals surface area contributed by atoms with Crippen LogP contribution in [0.5, 0.6) is 0 Å². The summed E-state index contributed by atoms with van der Waals surface area (Å²) in [5.41, 5.74) is 0.206. The quantitative estimate of drug-likeness (QED) is 0.725. The number of hydrogen-bond donors (Lipinski definition) is 0. The fraction of sp³-hybridized carbons (Fsp3) is 0.800. The zero-order chi connectivity index (χ0) is 16.0. The molecule has 0 saturated carbocycles. The van der Waals surface area contributed by atoms with Crippen molar-refractivity contribution < 1.29 is 22.7 Å². The van der Waals surface area contributed by atoms with E-state index in [1.807, 2.05) is 6.92 Å². The minimum Gasteiger partial charge on any atom is -0.450 e. The van der Waals surface area contributed by atoms with Gasteiger partial charge in [-0.05, 0) is 38.3 Å². The van der Waals surface area contributed by atoms with Gasteiger partial charge in [0.15, 0.2) is 0 Å². The fourth-order valence-corrected chi connectivity index (χ4v) is 4.88. The lowest BCUT2D eigenvalue weighted by molar-refractivity contribution is -0.150. The second kappa shape index (κ2) is 5.74. The Kier molecular flexibility index (Phi) is 4.22. The molecule has 3 heterocycles. The van der Waals surface area contributed by atoms with Crippen LogP contribution in [0, 0.1) is 0 Å². The molecule has 0 amide bonds. The number of fused-ring (bicyclic) bond motifs is 3. The first-order chi connectivity index (χ1) is 10.3. The van der Waals surface area contributed by atoms with Gasteiger partial charge in [0.05, 0.1) is 11.8 Å². The van der Waals surface area contributed by atoms with Crippen LogP contribution in [0.3, 0.4) is 0 Å². The first-order valence-electron chi connectivity index (χ1n) is 7.64. The Morgan fingerprint density at radius 1 is 1.45 bits per heavy atom. The van der Waals surface area contributed by atoms with Gasteiger partial charge in [-0.2, -0.15) is 13.2 Å². The number of esters is 1. The molecule has 0 spiro atoms. The van der Waals surface area contributed by atoms with Gasteiger partial charge in [-0.3, -0.25) is 4.90 Å². The van der Waals surface area contributed by atoms with Gasteiger partial charge in [-0.25, -0.2) is 4.79 Å². The third-order valence-corrected chi connectivity index (χ3v) is 6.14. The summed E-state index contributed by atoms with van der Waals surface area (Å²) in [5.74, 6) is -1.20. The van der Waals surface area contributed by atoms with Crippen LogP contribution in [0.4, 0.5) is 13.2 Å². The zero-order valence-corrected chi connectivity index (χ0v) is 13.3. The van der Waals surface area contributed by atoms with E-state index in [1.54, 1.807) is 0 Å². The Morgan fingerprint density at radius 3 is 2.95 bits per heavy atom. The summed E-state index contributed by atoms with van der Waals surface area (Å²) in [6.45, 7) is 3.42. The molecule has 3 atom stereocenters. The van der Waals surface area contributed by atoms with Crippen molar-refractivity contribution in [3.8, 4) is 0 Å². The van der Waals surface area contributed by atoms with E-state index in [1.165, 1.54) is 6.08 Å². The van der Waals surface area contributed by atoms with Gasteiger partial charge in [0, 0.05) is 17.9 Å². The topological polar surface area (TPSA) is 29.5 Å². The Bertz CT molecular complexity index is 494. The van der Waals surface area contributed by atoms with Gasteiger partial charge >= 0.3 is 12.1 Å². The zero-order valence-electron chi connectivity index (χ0n) is 12.5. The number of hydrogen-bond acceptors (Lipinski definition) is 4. The molecule has 22 heavy (non-hydrogen) atoms. The van der Waals surface area contributed by atoms with Crippen LogP contribution >= 0.6 is 11.8 Å². The number of carbonyl (C=O) groups is 1. The van der Waals surface area contributed by atoms with Gasteiger partial charge in [0.2, 0.25) is 0 Å². The third kappa shape index (κ3) is 3.15. The maximum Gasteiger partial charge on any atom is 0.397 e. The van der Waals surface area contributed by atoms with Crippen molar-refractivity contribution in [2.24, 2.45) is 0 Å². The fourth-order valence-electron chi connectivity index (χ4n) is 3.86. The van der Waals surface area contributed by atoms with E-state index in [4.69, 9.17) is 4.74 Å². The van der Waals surface area contributed by atoms with Crippen LogP contribution in [0.1, 0.15) is 32.6 Å². The van der Waals surface area contributed by atoms with E-state index in [9.17, 15) is 18.0 Å².